The number of halogens is 1. The summed E-state index contributed by atoms with van der Waals surface area (Å²) in [4.78, 5) is 19.2. The van der Waals surface area contributed by atoms with Crippen molar-refractivity contribution in [2.45, 2.75) is 45.6 Å². The van der Waals surface area contributed by atoms with Crippen LogP contribution >= 0.6 is 11.6 Å². The fourth-order valence-electron chi connectivity index (χ4n) is 4.64. The lowest BCUT2D eigenvalue weighted by Crippen LogP contribution is -2.27. The Bertz CT molecular complexity index is 1150. The highest BCUT2D eigenvalue weighted by Gasteiger charge is 2.32. The SMILES string of the molecule is Cc1cc(Cl)ccc1[C@@H]1CCc2c(N3CCCC3=O)cc3c(nc(C)n3C)c2O1. The summed E-state index contributed by atoms with van der Waals surface area (Å²) in [5.41, 5.74) is 6.27. The molecular weight excluding hydrogens is 386 g/mol. The summed E-state index contributed by atoms with van der Waals surface area (Å²) in [5.74, 6) is 1.95. The molecule has 1 atom stereocenters. The summed E-state index contributed by atoms with van der Waals surface area (Å²) in [5, 5.41) is 0.736. The summed E-state index contributed by atoms with van der Waals surface area (Å²) in [6, 6.07) is 8.08. The van der Waals surface area contributed by atoms with Crippen molar-refractivity contribution in [1.29, 1.82) is 0 Å². The van der Waals surface area contributed by atoms with E-state index in [0.717, 1.165) is 75.8 Å². The molecule has 5 rings (SSSR count). The van der Waals surface area contributed by atoms with Crippen molar-refractivity contribution in [3.8, 4) is 5.75 Å². The predicted molar refractivity (Wildman–Crippen MR) is 115 cm³/mol. The highest BCUT2D eigenvalue weighted by atomic mass is 35.5. The van der Waals surface area contributed by atoms with E-state index >= 15 is 0 Å². The number of hydrogen-bond acceptors (Lipinski definition) is 3. The molecule has 0 bridgehead atoms. The number of ether oxygens (including phenoxy) is 1. The summed E-state index contributed by atoms with van der Waals surface area (Å²) >= 11 is 6.15. The maximum Gasteiger partial charge on any atom is 0.227 e. The number of carbonyl (C=O) groups is 1. The fourth-order valence-corrected chi connectivity index (χ4v) is 4.87. The quantitative estimate of drug-likeness (QED) is 0.596. The Hall–Kier alpha value is -2.53. The van der Waals surface area contributed by atoms with Gasteiger partial charge in [0.1, 0.15) is 17.4 Å². The molecule has 2 aliphatic heterocycles. The number of carbonyl (C=O) groups excluding carboxylic acids is 1. The molecule has 0 saturated carbocycles. The van der Waals surface area contributed by atoms with E-state index in [0.29, 0.717) is 6.42 Å². The molecule has 2 aliphatic rings. The summed E-state index contributed by atoms with van der Waals surface area (Å²) < 4.78 is 8.67. The van der Waals surface area contributed by atoms with Crippen molar-refractivity contribution in [3.05, 3.63) is 51.8 Å². The Kier molecular flexibility index (Phi) is 4.32. The summed E-state index contributed by atoms with van der Waals surface area (Å²) in [6.45, 7) is 4.84. The third-order valence-corrected chi connectivity index (χ3v) is 6.53. The largest absolute Gasteiger partial charge is 0.483 e. The number of nitrogens with zero attached hydrogens (tertiary/aromatic N) is 3. The van der Waals surface area contributed by atoms with Crippen LogP contribution in [-0.4, -0.2) is 22.0 Å². The minimum absolute atomic E-state index is 0.0465. The smallest absolute Gasteiger partial charge is 0.227 e. The number of aromatic nitrogens is 2. The van der Waals surface area contributed by atoms with Crippen molar-refractivity contribution in [1.82, 2.24) is 9.55 Å². The first-order valence-electron chi connectivity index (χ1n) is 10.2. The van der Waals surface area contributed by atoms with Gasteiger partial charge in [0.15, 0.2) is 5.75 Å². The maximum atomic E-state index is 12.5. The van der Waals surface area contributed by atoms with Crippen LogP contribution in [0.25, 0.3) is 11.0 Å². The van der Waals surface area contributed by atoms with Gasteiger partial charge in [0.25, 0.3) is 0 Å². The molecule has 0 unspecified atom stereocenters. The molecule has 0 radical (unpaired) electrons. The molecule has 3 aromatic rings. The van der Waals surface area contributed by atoms with Crippen LogP contribution < -0.4 is 9.64 Å². The lowest BCUT2D eigenvalue weighted by Gasteiger charge is -2.31. The first-order chi connectivity index (χ1) is 13.9. The van der Waals surface area contributed by atoms with Crippen LogP contribution in [0.15, 0.2) is 24.3 Å². The molecule has 2 aromatic carbocycles. The molecule has 0 aliphatic carbocycles. The van der Waals surface area contributed by atoms with Gasteiger partial charge in [0.2, 0.25) is 5.91 Å². The van der Waals surface area contributed by atoms with Gasteiger partial charge in [0.05, 0.1) is 11.2 Å². The minimum atomic E-state index is -0.0465. The van der Waals surface area contributed by atoms with Gasteiger partial charge in [0, 0.05) is 30.6 Å². The van der Waals surface area contributed by atoms with E-state index in [-0.39, 0.29) is 12.0 Å². The third kappa shape index (κ3) is 2.91. The van der Waals surface area contributed by atoms with Crippen LogP contribution in [0.2, 0.25) is 5.02 Å². The fraction of sp³-hybridized carbons (Fsp3) is 0.391. The molecule has 1 amide bonds. The second kappa shape index (κ2) is 6.77. The number of aryl methyl sites for hydroxylation is 3. The van der Waals surface area contributed by atoms with Gasteiger partial charge in [-0.15, -0.1) is 0 Å². The first kappa shape index (κ1) is 18.5. The number of hydrogen-bond donors (Lipinski definition) is 0. The molecule has 0 N–H and O–H groups in total. The zero-order valence-corrected chi connectivity index (χ0v) is 17.7. The van der Waals surface area contributed by atoms with Gasteiger partial charge in [-0.2, -0.15) is 0 Å². The lowest BCUT2D eigenvalue weighted by molar-refractivity contribution is -0.117. The number of amides is 1. The number of anilines is 1. The second-order valence-corrected chi connectivity index (χ2v) is 8.52. The molecule has 29 heavy (non-hydrogen) atoms. The molecule has 1 saturated heterocycles. The van der Waals surface area contributed by atoms with Crippen molar-refractivity contribution < 1.29 is 9.53 Å². The van der Waals surface area contributed by atoms with Gasteiger partial charge in [-0.3, -0.25) is 4.79 Å². The second-order valence-electron chi connectivity index (χ2n) is 8.08. The normalized spacial score (nSPS) is 19.0. The number of benzene rings is 2. The van der Waals surface area contributed by atoms with Crippen LogP contribution in [0.5, 0.6) is 5.75 Å². The van der Waals surface area contributed by atoms with Crippen molar-refractivity contribution in [3.63, 3.8) is 0 Å². The van der Waals surface area contributed by atoms with Gasteiger partial charge in [-0.05, 0) is 62.4 Å². The summed E-state index contributed by atoms with van der Waals surface area (Å²) in [6.07, 6.45) is 3.19. The molecule has 6 heteroatoms. The molecular formula is C23H24ClN3O2. The van der Waals surface area contributed by atoms with Gasteiger partial charge >= 0.3 is 0 Å². The number of fused-ring (bicyclic) bond motifs is 3. The molecule has 5 nitrogen and oxygen atoms in total. The maximum absolute atomic E-state index is 12.5. The topological polar surface area (TPSA) is 47.4 Å². The van der Waals surface area contributed by atoms with Crippen molar-refractivity contribution >= 4 is 34.2 Å². The van der Waals surface area contributed by atoms with Crippen LogP contribution in [0.3, 0.4) is 0 Å². The van der Waals surface area contributed by atoms with Crippen molar-refractivity contribution in [2.75, 3.05) is 11.4 Å². The Morgan fingerprint density at radius 1 is 1.21 bits per heavy atom. The average Bonchev–Trinajstić information content (AvgIpc) is 3.24. The third-order valence-electron chi connectivity index (χ3n) is 6.29. The lowest BCUT2D eigenvalue weighted by atomic mass is 9.93. The van der Waals surface area contributed by atoms with Crippen molar-refractivity contribution in [2.24, 2.45) is 7.05 Å². The molecule has 1 aromatic heterocycles. The van der Waals surface area contributed by atoms with E-state index in [1.165, 1.54) is 0 Å². The highest BCUT2D eigenvalue weighted by Crippen LogP contribution is 2.45. The van der Waals surface area contributed by atoms with E-state index in [9.17, 15) is 4.79 Å². The predicted octanol–water partition coefficient (Wildman–Crippen LogP) is 5.04. The highest BCUT2D eigenvalue weighted by molar-refractivity contribution is 6.30. The standard InChI is InChI=1S/C23H24ClN3O2/c1-13-11-15(24)6-7-16(13)20-9-8-17-18(27-10-4-5-21(27)28)12-19-22(23(17)29-20)25-14(2)26(19)3/h6-7,11-12,20H,4-5,8-10H2,1-3H3/t20-/m0/s1. The molecule has 1 fully saturated rings. The Morgan fingerprint density at radius 2 is 2.03 bits per heavy atom. The van der Waals surface area contributed by atoms with Crippen LogP contribution in [0.1, 0.15) is 47.9 Å². The number of imidazole rings is 1. The van der Waals surface area contributed by atoms with Gasteiger partial charge in [-0.25, -0.2) is 4.98 Å². The van der Waals surface area contributed by atoms with Gasteiger partial charge < -0.3 is 14.2 Å². The van der Waals surface area contributed by atoms with Gasteiger partial charge in [-0.1, -0.05) is 17.7 Å². The van der Waals surface area contributed by atoms with Crippen LogP contribution in [-0.2, 0) is 18.3 Å². The van der Waals surface area contributed by atoms with Crippen LogP contribution in [0.4, 0.5) is 5.69 Å². The molecule has 0 spiro atoms. The molecule has 150 valence electrons. The summed E-state index contributed by atoms with van der Waals surface area (Å²) in [7, 11) is 2.01. The van der Waals surface area contributed by atoms with E-state index < -0.39 is 0 Å². The Morgan fingerprint density at radius 3 is 2.76 bits per heavy atom. The zero-order valence-electron chi connectivity index (χ0n) is 17.0. The van der Waals surface area contributed by atoms with Crippen LogP contribution in [0, 0.1) is 13.8 Å². The monoisotopic (exact) mass is 409 g/mol. The van der Waals surface area contributed by atoms with E-state index in [2.05, 4.69) is 23.6 Å². The van der Waals surface area contributed by atoms with E-state index in [1.807, 2.05) is 31.0 Å². The zero-order chi connectivity index (χ0) is 20.3. The number of rotatable bonds is 2. The molecule has 3 heterocycles. The Balaban J connectivity index is 1.67. The average molecular weight is 410 g/mol. The van der Waals surface area contributed by atoms with E-state index in [1.54, 1.807) is 0 Å². The van der Waals surface area contributed by atoms with E-state index in [4.69, 9.17) is 21.3 Å². The Labute approximate surface area is 175 Å². The first-order valence-corrected chi connectivity index (χ1v) is 10.5. The minimum Gasteiger partial charge on any atom is -0.483 e.